The van der Waals surface area contributed by atoms with Crippen molar-refractivity contribution in [3.8, 4) is 0 Å². The molecule has 6 nitrogen and oxygen atoms in total. The van der Waals surface area contributed by atoms with E-state index in [1.807, 2.05) is 0 Å². The lowest BCUT2D eigenvalue weighted by molar-refractivity contribution is -0.123. The molecule has 1 saturated heterocycles. The summed E-state index contributed by atoms with van der Waals surface area (Å²) in [5.74, 6) is -0.357. The molecule has 0 saturated carbocycles. The summed E-state index contributed by atoms with van der Waals surface area (Å²) >= 11 is 1.46. The maximum Gasteiger partial charge on any atom is 0.322 e. The Morgan fingerprint density at radius 1 is 1.19 bits per heavy atom. The van der Waals surface area contributed by atoms with Crippen molar-refractivity contribution in [3.05, 3.63) is 59.9 Å². The van der Waals surface area contributed by atoms with Crippen molar-refractivity contribution < 1.29 is 18.8 Å². The molecule has 2 aromatic rings. The molecule has 4 amide bonds. The standard InChI is InChI=1S/C19H18FN3O3S/c1-19(17(25)22-18(26)23-19)12-3-2-4-14(11-12)21-16(24)9-10-27-15-7-5-13(20)6-8-15/h2-8,11H,9-10H2,1H3,(H,21,24)(H2,22,23,25,26). The Bertz CT molecular complexity index is 888. The SMILES string of the molecule is CC1(c2cccc(NC(=O)CCSc3ccc(F)cc3)c2)NC(=O)NC1=O. The molecule has 1 aliphatic heterocycles. The van der Waals surface area contributed by atoms with Crippen LogP contribution >= 0.6 is 11.8 Å². The molecular weight excluding hydrogens is 369 g/mol. The Balaban J connectivity index is 1.57. The molecule has 2 aromatic carbocycles. The van der Waals surface area contributed by atoms with Crippen molar-refractivity contribution in [2.75, 3.05) is 11.1 Å². The normalized spacial score (nSPS) is 18.7. The topological polar surface area (TPSA) is 87.3 Å². The summed E-state index contributed by atoms with van der Waals surface area (Å²) in [6, 6.07) is 12.4. The number of halogens is 1. The van der Waals surface area contributed by atoms with Crippen LogP contribution in [0, 0.1) is 5.82 Å². The Hall–Kier alpha value is -2.87. The van der Waals surface area contributed by atoms with Crippen LogP contribution in [0.15, 0.2) is 53.4 Å². The molecule has 1 aliphatic rings. The molecule has 27 heavy (non-hydrogen) atoms. The van der Waals surface area contributed by atoms with Gasteiger partial charge in [0, 0.05) is 22.8 Å². The molecule has 140 valence electrons. The zero-order valence-electron chi connectivity index (χ0n) is 14.5. The van der Waals surface area contributed by atoms with Crippen molar-refractivity contribution in [1.29, 1.82) is 0 Å². The lowest BCUT2D eigenvalue weighted by Crippen LogP contribution is -2.40. The van der Waals surface area contributed by atoms with Crippen molar-refractivity contribution in [2.24, 2.45) is 0 Å². The average Bonchev–Trinajstić information content (AvgIpc) is 2.90. The van der Waals surface area contributed by atoms with Gasteiger partial charge in [-0.25, -0.2) is 9.18 Å². The van der Waals surface area contributed by atoms with Gasteiger partial charge >= 0.3 is 6.03 Å². The van der Waals surface area contributed by atoms with Crippen molar-refractivity contribution >= 4 is 35.3 Å². The lowest BCUT2D eigenvalue weighted by Gasteiger charge is -2.21. The summed E-state index contributed by atoms with van der Waals surface area (Å²) in [6.07, 6.45) is 0.279. The van der Waals surface area contributed by atoms with Crippen molar-refractivity contribution in [1.82, 2.24) is 10.6 Å². The van der Waals surface area contributed by atoms with Gasteiger partial charge in [0.1, 0.15) is 11.4 Å². The third-order valence-corrected chi connectivity index (χ3v) is 5.19. The van der Waals surface area contributed by atoms with Gasteiger partial charge in [-0.3, -0.25) is 14.9 Å². The first-order chi connectivity index (χ1) is 12.9. The molecule has 1 unspecified atom stereocenters. The number of anilines is 1. The highest BCUT2D eigenvalue weighted by Crippen LogP contribution is 2.26. The number of hydrogen-bond donors (Lipinski definition) is 3. The van der Waals surface area contributed by atoms with E-state index >= 15 is 0 Å². The minimum atomic E-state index is -1.17. The van der Waals surface area contributed by atoms with Crippen LogP contribution in [0.2, 0.25) is 0 Å². The molecular formula is C19H18FN3O3S. The number of rotatable bonds is 6. The van der Waals surface area contributed by atoms with E-state index in [0.29, 0.717) is 17.0 Å². The van der Waals surface area contributed by atoms with E-state index in [-0.39, 0.29) is 18.1 Å². The van der Waals surface area contributed by atoms with E-state index in [4.69, 9.17) is 0 Å². The lowest BCUT2D eigenvalue weighted by atomic mass is 9.92. The number of imide groups is 1. The minimum absolute atomic E-state index is 0.174. The van der Waals surface area contributed by atoms with Crippen LogP contribution in [0.3, 0.4) is 0 Å². The van der Waals surface area contributed by atoms with Gasteiger partial charge < -0.3 is 10.6 Å². The van der Waals surface area contributed by atoms with Gasteiger partial charge in [-0.2, -0.15) is 0 Å². The molecule has 1 heterocycles. The average molecular weight is 387 g/mol. The predicted molar refractivity (Wildman–Crippen MR) is 101 cm³/mol. The third kappa shape index (κ3) is 4.46. The number of carbonyl (C=O) groups excluding carboxylic acids is 3. The van der Waals surface area contributed by atoms with Crippen LogP contribution in [0.5, 0.6) is 0 Å². The molecule has 0 aliphatic carbocycles. The van der Waals surface area contributed by atoms with Crippen LogP contribution in [0.25, 0.3) is 0 Å². The molecule has 0 radical (unpaired) electrons. The van der Waals surface area contributed by atoms with Gasteiger partial charge in [-0.05, 0) is 48.9 Å². The summed E-state index contributed by atoms with van der Waals surface area (Å²) in [5, 5.41) is 7.59. The zero-order valence-corrected chi connectivity index (χ0v) is 15.4. The number of nitrogens with one attached hydrogen (secondary N) is 3. The van der Waals surface area contributed by atoms with Crippen LogP contribution in [-0.4, -0.2) is 23.6 Å². The van der Waals surface area contributed by atoms with Crippen molar-refractivity contribution in [2.45, 2.75) is 23.8 Å². The Morgan fingerprint density at radius 2 is 1.93 bits per heavy atom. The zero-order chi connectivity index (χ0) is 19.4. The van der Waals surface area contributed by atoms with Gasteiger partial charge in [-0.1, -0.05) is 12.1 Å². The second-order valence-corrected chi connectivity index (χ2v) is 7.38. The molecule has 1 fully saturated rings. The van der Waals surface area contributed by atoms with Crippen LogP contribution < -0.4 is 16.0 Å². The maximum absolute atomic E-state index is 12.9. The number of hydrogen-bond acceptors (Lipinski definition) is 4. The molecule has 8 heteroatoms. The van der Waals surface area contributed by atoms with E-state index in [9.17, 15) is 18.8 Å². The van der Waals surface area contributed by atoms with Crippen LogP contribution in [0.4, 0.5) is 14.9 Å². The molecule has 0 aromatic heterocycles. The first-order valence-electron chi connectivity index (χ1n) is 8.29. The van der Waals surface area contributed by atoms with Crippen molar-refractivity contribution in [3.63, 3.8) is 0 Å². The first kappa shape index (κ1) is 18.9. The third-order valence-electron chi connectivity index (χ3n) is 4.18. The highest BCUT2D eigenvalue weighted by atomic mass is 32.2. The highest BCUT2D eigenvalue weighted by Gasteiger charge is 2.43. The number of thioether (sulfide) groups is 1. The Labute approximate surface area is 159 Å². The molecule has 0 spiro atoms. The van der Waals surface area contributed by atoms with E-state index < -0.39 is 17.5 Å². The summed E-state index contributed by atoms with van der Waals surface area (Å²) < 4.78 is 12.9. The monoisotopic (exact) mass is 387 g/mol. The minimum Gasteiger partial charge on any atom is -0.326 e. The molecule has 1 atom stereocenters. The molecule has 0 bridgehead atoms. The number of urea groups is 1. The van der Waals surface area contributed by atoms with Gasteiger partial charge in [0.2, 0.25) is 5.91 Å². The molecule has 3 rings (SSSR count). The Morgan fingerprint density at radius 3 is 2.59 bits per heavy atom. The summed E-state index contributed by atoms with van der Waals surface area (Å²) in [7, 11) is 0. The van der Waals surface area contributed by atoms with E-state index in [0.717, 1.165) is 4.90 Å². The van der Waals surface area contributed by atoms with Gasteiger partial charge in [0.15, 0.2) is 0 Å². The molecule has 3 N–H and O–H groups in total. The van der Waals surface area contributed by atoms with E-state index in [1.165, 1.54) is 23.9 Å². The fraction of sp³-hybridized carbons (Fsp3) is 0.211. The summed E-state index contributed by atoms with van der Waals surface area (Å²) in [5.41, 5.74) is -0.0558. The highest BCUT2D eigenvalue weighted by molar-refractivity contribution is 7.99. The van der Waals surface area contributed by atoms with E-state index in [2.05, 4.69) is 16.0 Å². The summed E-state index contributed by atoms with van der Waals surface area (Å²) in [4.78, 5) is 36.5. The van der Waals surface area contributed by atoms with E-state index in [1.54, 1.807) is 43.3 Å². The first-order valence-corrected chi connectivity index (χ1v) is 9.28. The smallest absolute Gasteiger partial charge is 0.322 e. The second kappa shape index (κ2) is 7.79. The van der Waals surface area contributed by atoms with Gasteiger partial charge in [0.05, 0.1) is 0 Å². The Kier molecular flexibility index (Phi) is 5.46. The fourth-order valence-electron chi connectivity index (χ4n) is 2.67. The van der Waals surface area contributed by atoms with Gasteiger partial charge in [0.25, 0.3) is 5.91 Å². The number of benzene rings is 2. The largest absolute Gasteiger partial charge is 0.326 e. The fourth-order valence-corrected chi connectivity index (χ4v) is 3.52. The quantitative estimate of drug-likeness (QED) is 0.525. The van der Waals surface area contributed by atoms with Crippen LogP contribution in [-0.2, 0) is 15.1 Å². The number of carbonyl (C=O) groups is 3. The summed E-state index contributed by atoms with van der Waals surface area (Å²) in [6.45, 7) is 1.60. The second-order valence-electron chi connectivity index (χ2n) is 6.21. The van der Waals surface area contributed by atoms with Crippen LogP contribution in [0.1, 0.15) is 18.9 Å². The maximum atomic E-state index is 12.9. The van der Waals surface area contributed by atoms with Gasteiger partial charge in [-0.15, -0.1) is 11.8 Å². The number of amides is 4. The predicted octanol–water partition coefficient (Wildman–Crippen LogP) is 3.00.